The molecule has 0 bridgehead atoms. The van der Waals surface area contributed by atoms with Crippen LogP contribution in [-0.4, -0.2) is 44.5 Å². The van der Waals surface area contributed by atoms with E-state index in [9.17, 15) is 9.90 Å². The highest BCUT2D eigenvalue weighted by Gasteiger charge is 2.31. The van der Waals surface area contributed by atoms with Crippen molar-refractivity contribution in [3.63, 3.8) is 0 Å². The molecule has 1 amide bonds. The van der Waals surface area contributed by atoms with E-state index < -0.39 is 0 Å². The SMILES string of the molecule is CC1SCCN(C(=O)c2ncccc2O)C1C. The van der Waals surface area contributed by atoms with Gasteiger partial charge in [0, 0.05) is 29.8 Å². The number of amides is 1. The minimum absolute atomic E-state index is 0.0458. The fraction of sp³-hybridized carbons (Fsp3) is 0.500. The van der Waals surface area contributed by atoms with Gasteiger partial charge in [-0.25, -0.2) is 4.98 Å². The second-order valence-electron chi connectivity index (χ2n) is 4.19. The number of carbonyl (C=O) groups is 1. The van der Waals surface area contributed by atoms with E-state index in [1.807, 2.05) is 18.7 Å². The smallest absolute Gasteiger partial charge is 0.276 e. The molecule has 5 heteroatoms. The Balaban J connectivity index is 2.23. The lowest BCUT2D eigenvalue weighted by Gasteiger charge is -2.37. The minimum atomic E-state index is -0.178. The highest BCUT2D eigenvalue weighted by molar-refractivity contribution is 8.00. The van der Waals surface area contributed by atoms with E-state index in [-0.39, 0.29) is 23.4 Å². The molecule has 1 aromatic heterocycles. The molecule has 0 spiro atoms. The summed E-state index contributed by atoms with van der Waals surface area (Å²) in [6.07, 6.45) is 1.53. The predicted molar refractivity (Wildman–Crippen MR) is 68.3 cm³/mol. The summed E-state index contributed by atoms with van der Waals surface area (Å²) in [6, 6.07) is 3.28. The maximum atomic E-state index is 12.3. The molecular weight excluding hydrogens is 236 g/mol. The van der Waals surface area contributed by atoms with Gasteiger partial charge in [-0.05, 0) is 19.1 Å². The molecule has 2 atom stereocenters. The van der Waals surface area contributed by atoms with Gasteiger partial charge in [0.05, 0.1) is 0 Å². The molecule has 1 aromatic rings. The Morgan fingerprint density at radius 1 is 1.59 bits per heavy atom. The van der Waals surface area contributed by atoms with Crippen molar-refractivity contribution in [1.29, 1.82) is 0 Å². The van der Waals surface area contributed by atoms with Crippen LogP contribution in [0.15, 0.2) is 18.3 Å². The molecule has 0 aromatic carbocycles. The molecule has 1 aliphatic heterocycles. The number of aromatic nitrogens is 1. The van der Waals surface area contributed by atoms with Crippen LogP contribution in [0, 0.1) is 0 Å². The van der Waals surface area contributed by atoms with Crippen LogP contribution in [0.1, 0.15) is 24.3 Å². The van der Waals surface area contributed by atoms with Crippen LogP contribution in [0.5, 0.6) is 5.75 Å². The minimum Gasteiger partial charge on any atom is -0.505 e. The van der Waals surface area contributed by atoms with Gasteiger partial charge in [0.25, 0.3) is 5.91 Å². The predicted octanol–water partition coefficient (Wildman–Crippen LogP) is 1.75. The van der Waals surface area contributed by atoms with Crippen molar-refractivity contribution in [1.82, 2.24) is 9.88 Å². The Morgan fingerprint density at radius 2 is 2.35 bits per heavy atom. The van der Waals surface area contributed by atoms with E-state index in [1.54, 1.807) is 11.0 Å². The van der Waals surface area contributed by atoms with Gasteiger partial charge in [0.1, 0.15) is 5.75 Å². The summed E-state index contributed by atoms with van der Waals surface area (Å²) in [7, 11) is 0. The van der Waals surface area contributed by atoms with Crippen molar-refractivity contribution < 1.29 is 9.90 Å². The van der Waals surface area contributed by atoms with Gasteiger partial charge in [0.2, 0.25) is 0 Å². The third kappa shape index (κ3) is 2.39. The molecule has 1 fully saturated rings. The fourth-order valence-corrected chi connectivity index (χ4v) is 3.02. The number of rotatable bonds is 1. The van der Waals surface area contributed by atoms with Crippen LogP contribution in [0.3, 0.4) is 0 Å². The van der Waals surface area contributed by atoms with Gasteiger partial charge in [-0.2, -0.15) is 11.8 Å². The molecule has 2 rings (SSSR count). The monoisotopic (exact) mass is 252 g/mol. The van der Waals surface area contributed by atoms with E-state index in [1.165, 1.54) is 12.3 Å². The summed E-state index contributed by atoms with van der Waals surface area (Å²) in [4.78, 5) is 18.0. The first-order valence-electron chi connectivity index (χ1n) is 5.68. The topological polar surface area (TPSA) is 53.4 Å². The lowest BCUT2D eigenvalue weighted by atomic mass is 10.2. The molecule has 1 N–H and O–H groups in total. The average Bonchev–Trinajstić information content (AvgIpc) is 2.32. The quantitative estimate of drug-likeness (QED) is 0.827. The molecule has 1 aliphatic rings. The number of pyridine rings is 1. The number of nitrogens with zero attached hydrogens (tertiary/aromatic N) is 2. The number of hydrogen-bond acceptors (Lipinski definition) is 4. The summed E-state index contributed by atoms with van der Waals surface area (Å²) in [5.41, 5.74) is 0.151. The van der Waals surface area contributed by atoms with Crippen LogP contribution < -0.4 is 0 Å². The van der Waals surface area contributed by atoms with E-state index in [4.69, 9.17) is 0 Å². The molecule has 0 saturated carbocycles. The number of thioether (sulfide) groups is 1. The first-order valence-corrected chi connectivity index (χ1v) is 6.72. The standard InChI is InChI=1S/C12H16N2O2S/c1-8-9(2)17-7-6-14(8)12(16)11-10(15)4-3-5-13-11/h3-5,8-9,15H,6-7H2,1-2H3. The molecule has 17 heavy (non-hydrogen) atoms. The van der Waals surface area contributed by atoms with Gasteiger partial charge in [-0.1, -0.05) is 6.92 Å². The van der Waals surface area contributed by atoms with Crippen molar-refractivity contribution in [3.8, 4) is 5.75 Å². The zero-order valence-corrected chi connectivity index (χ0v) is 10.8. The molecule has 92 valence electrons. The first kappa shape index (κ1) is 12.2. The zero-order chi connectivity index (χ0) is 12.4. The van der Waals surface area contributed by atoms with Gasteiger partial charge >= 0.3 is 0 Å². The van der Waals surface area contributed by atoms with Gasteiger partial charge < -0.3 is 10.0 Å². The molecule has 1 saturated heterocycles. The second-order valence-corrected chi connectivity index (χ2v) is 5.67. The normalized spacial score (nSPS) is 24.7. The lowest BCUT2D eigenvalue weighted by molar-refractivity contribution is 0.0688. The Morgan fingerprint density at radius 3 is 3.06 bits per heavy atom. The highest BCUT2D eigenvalue weighted by Crippen LogP contribution is 2.26. The van der Waals surface area contributed by atoms with E-state index in [0.29, 0.717) is 11.8 Å². The first-order chi connectivity index (χ1) is 8.11. The van der Waals surface area contributed by atoms with Crippen molar-refractivity contribution in [2.75, 3.05) is 12.3 Å². The molecule has 0 aliphatic carbocycles. The third-order valence-electron chi connectivity index (χ3n) is 3.13. The number of carbonyl (C=O) groups excluding carboxylic acids is 1. The largest absolute Gasteiger partial charge is 0.505 e. The highest BCUT2D eigenvalue weighted by atomic mass is 32.2. The van der Waals surface area contributed by atoms with Crippen molar-refractivity contribution in [2.45, 2.75) is 25.1 Å². The molecular formula is C12H16N2O2S. The van der Waals surface area contributed by atoms with E-state index in [0.717, 1.165) is 5.75 Å². The van der Waals surface area contributed by atoms with Crippen molar-refractivity contribution in [3.05, 3.63) is 24.0 Å². The van der Waals surface area contributed by atoms with Gasteiger partial charge in [-0.3, -0.25) is 4.79 Å². The van der Waals surface area contributed by atoms with Crippen LogP contribution in [0.25, 0.3) is 0 Å². The van der Waals surface area contributed by atoms with Gasteiger partial charge in [-0.15, -0.1) is 0 Å². The molecule has 0 radical (unpaired) electrons. The van der Waals surface area contributed by atoms with Crippen molar-refractivity contribution >= 4 is 17.7 Å². The number of hydrogen-bond donors (Lipinski definition) is 1. The average molecular weight is 252 g/mol. The van der Waals surface area contributed by atoms with Crippen LogP contribution in [0.2, 0.25) is 0 Å². The van der Waals surface area contributed by atoms with Crippen LogP contribution in [-0.2, 0) is 0 Å². The molecule has 2 heterocycles. The summed E-state index contributed by atoms with van der Waals surface area (Å²) in [5.74, 6) is 0.712. The summed E-state index contributed by atoms with van der Waals surface area (Å²) >= 11 is 1.87. The molecule has 4 nitrogen and oxygen atoms in total. The fourth-order valence-electron chi connectivity index (χ4n) is 1.92. The second kappa shape index (κ2) is 4.96. The zero-order valence-electron chi connectivity index (χ0n) is 9.96. The maximum Gasteiger partial charge on any atom is 0.276 e. The van der Waals surface area contributed by atoms with Gasteiger partial charge in [0.15, 0.2) is 5.69 Å². The summed E-state index contributed by atoms with van der Waals surface area (Å²) < 4.78 is 0. The van der Waals surface area contributed by atoms with Crippen LogP contribution in [0.4, 0.5) is 0 Å². The summed E-state index contributed by atoms with van der Waals surface area (Å²) in [6.45, 7) is 4.87. The number of aromatic hydroxyl groups is 1. The third-order valence-corrected chi connectivity index (χ3v) is 4.47. The van der Waals surface area contributed by atoms with Crippen molar-refractivity contribution in [2.24, 2.45) is 0 Å². The van der Waals surface area contributed by atoms with E-state index >= 15 is 0 Å². The molecule has 2 unspecified atom stereocenters. The summed E-state index contributed by atoms with van der Waals surface area (Å²) in [5, 5.41) is 10.1. The Hall–Kier alpha value is -1.23. The Kier molecular flexibility index (Phi) is 3.57. The Labute approximate surface area is 105 Å². The van der Waals surface area contributed by atoms with Crippen LogP contribution >= 0.6 is 11.8 Å². The van der Waals surface area contributed by atoms with E-state index in [2.05, 4.69) is 11.9 Å². The lowest BCUT2D eigenvalue weighted by Crippen LogP contribution is -2.48. The maximum absolute atomic E-state index is 12.3. The Bertz CT molecular complexity index is 425.